The Morgan fingerprint density at radius 1 is 0.614 bits per heavy atom. The Labute approximate surface area is 412 Å². The summed E-state index contributed by atoms with van der Waals surface area (Å²) in [5.74, 6) is 1.44. The van der Waals surface area contributed by atoms with Crippen molar-refractivity contribution >= 4 is 32.2 Å². The number of carbonyl (C=O) groups is 2. The molecule has 6 aliphatic rings. The van der Waals surface area contributed by atoms with E-state index in [4.69, 9.17) is 9.05 Å². The van der Waals surface area contributed by atoms with Gasteiger partial charge in [0.1, 0.15) is 11.5 Å². The first-order valence-corrected chi connectivity index (χ1v) is 28.3. The van der Waals surface area contributed by atoms with Gasteiger partial charge in [-0.3, -0.25) is 9.59 Å². The van der Waals surface area contributed by atoms with Gasteiger partial charge in [0.25, 0.3) is 32.2 Å². The van der Waals surface area contributed by atoms with Crippen LogP contribution < -0.4 is 21.3 Å². The van der Waals surface area contributed by atoms with E-state index < -0.39 is 32.5 Å². The number of aromatic nitrogens is 2. The van der Waals surface area contributed by atoms with Crippen LogP contribution in [0, 0.1) is 0 Å². The number of rotatable bonds is 18. The van der Waals surface area contributed by atoms with Crippen molar-refractivity contribution in [2.75, 3.05) is 46.3 Å². The molecule has 4 atom stereocenters. The smallest absolute Gasteiger partial charge is 0.282 e. The lowest BCUT2D eigenvalue weighted by atomic mass is 9.93. The topological polar surface area (TPSA) is 216 Å². The summed E-state index contributed by atoms with van der Waals surface area (Å²) in [5, 5.41) is 21.1. The zero-order valence-corrected chi connectivity index (χ0v) is 41.7. The van der Waals surface area contributed by atoms with E-state index in [1.807, 2.05) is 54.6 Å². The van der Waals surface area contributed by atoms with Crippen LogP contribution in [0.25, 0.3) is 0 Å². The number of amides is 2. The standard InChI is InChI=1S/C50H68N10O8S2/c1-57(41-14-20-51-21-15-41)69(63,64)58-24-18-39(53-49(61)45-31-47(67-55-45)37-10-11-37)30-44(58)28-35-8-5-9-36(26-35)33-60(42-16-22-52-23-17-42)70(65,66)59-25-19-40(29-43(59)27-34-6-3-2-4-7-34)54-50(62)46-32-48(68-56-46)38-12-13-38/h2-9,26,31-32,37-44,51-52H,10-25,27-30,33H2,1H3,(H,53,61)(H,54,62)/t39-,40+,43-,44+/m1/s1. The molecule has 2 aromatic heterocycles. The first-order chi connectivity index (χ1) is 33.9. The summed E-state index contributed by atoms with van der Waals surface area (Å²) in [6, 6.07) is 19.3. The molecule has 10 rings (SSSR count). The zero-order chi connectivity index (χ0) is 48.4. The van der Waals surface area contributed by atoms with Gasteiger partial charge < -0.3 is 30.3 Å². The van der Waals surface area contributed by atoms with Crippen molar-refractivity contribution < 1.29 is 35.5 Å². The maximum absolute atomic E-state index is 15.4. The Morgan fingerprint density at radius 3 is 1.64 bits per heavy atom. The summed E-state index contributed by atoms with van der Waals surface area (Å²) < 4.78 is 77.4. The minimum Gasteiger partial charge on any atom is -0.360 e. The van der Waals surface area contributed by atoms with Gasteiger partial charge in [-0.1, -0.05) is 64.9 Å². The van der Waals surface area contributed by atoms with E-state index >= 15 is 8.42 Å². The predicted molar refractivity (Wildman–Crippen MR) is 262 cm³/mol. The summed E-state index contributed by atoms with van der Waals surface area (Å²) in [6.07, 6.45) is 9.38. The van der Waals surface area contributed by atoms with E-state index in [0.717, 1.165) is 79.8 Å². The molecule has 4 aliphatic heterocycles. The molecule has 4 aromatic rings. The van der Waals surface area contributed by atoms with Crippen molar-refractivity contribution in [1.82, 2.24) is 48.8 Å². The third kappa shape index (κ3) is 11.4. The highest BCUT2D eigenvalue weighted by molar-refractivity contribution is 7.87. The average molecular weight is 1000 g/mol. The van der Waals surface area contributed by atoms with Crippen LogP contribution >= 0.6 is 0 Å². The van der Waals surface area contributed by atoms with Crippen molar-refractivity contribution in [2.45, 2.75) is 145 Å². The van der Waals surface area contributed by atoms with E-state index in [1.165, 1.54) is 4.31 Å². The number of nitrogens with one attached hydrogen (secondary N) is 4. The Bertz CT molecular complexity index is 2660. The van der Waals surface area contributed by atoms with Crippen molar-refractivity contribution in [2.24, 2.45) is 0 Å². The Morgan fingerprint density at radius 2 is 1.10 bits per heavy atom. The van der Waals surface area contributed by atoms with Gasteiger partial charge in [0, 0.05) is 86.9 Å². The molecule has 6 fully saturated rings. The van der Waals surface area contributed by atoms with Crippen LogP contribution in [0.4, 0.5) is 0 Å². The molecule has 20 heteroatoms. The monoisotopic (exact) mass is 1000 g/mol. The van der Waals surface area contributed by atoms with E-state index in [-0.39, 0.29) is 67.0 Å². The second-order valence-corrected chi connectivity index (χ2v) is 24.2. The summed E-state index contributed by atoms with van der Waals surface area (Å²) in [6.45, 7) is 3.47. The fourth-order valence-corrected chi connectivity index (χ4v) is 14.9. The molecule has 6 heterocycles. The molecule has 2 saturated carbocycles. The molecule has 378 valence electrons. The lowest BCUT2D eigenvalue weighted by molar-refractivity contribution is 0.0889. The molecule has 2 amide bonds. The van der Waals surface area contributed by atoms with Gasteiger partial charge in [-0.05, 0) is 133 Å². The lowest BCUT2D eigenvalue weighted by Crippen LogP contribution is -2.58. The normalized spacial score (nSPS) is 24.8. The number of carbonyl (C=O) groups excluding carboxylic acids is 2. The molecular weight excluding hydrogens is 933 g/mol. The maximum atomic E-state index is 15.4. The molecule has 2 aliphatic carbocycles. The van der Waals surface area contributed by atoms with Gasteiger partial charge in [0.2, 0.25) is 0 Å². The van der Waals surface area contributed by atoms with Crippen LogP contribution in [0.1, 0.15) is 138 Å². The molecule has 0 bridgehead atoms. The predicted octanol–water partition coefficient (Wildman–Crippen LogP) is 4.46. The summed E-state index contributed by atoms with van der Waals surface area (Å²) in [5.41, 5.74) is 3.17. The Hall–Kier alpha value is -4.54. The number of hydrogen-bond acceptors (Lipinski definition) is 12. The van der Waals surface area contributed by atoms with E-state index in [2.05, 4.69) is 31.6 Å². The van der Waals surface area contributed by atoms with Gasteiger partial charge in [-0.15, -0.1) is 0 Å². The molecule has 2 aromatic carbocycles. The highest BCUT2D eigenvalue weighted by Gasteiger charge is 2.44. The zero-order valence-electron chi connectivity index (χ0n) is 40.1. The molecule has 0 spiro atoms. The van der Waals surface area contributed by atoms with Crippen LogP contribution in [0.3, 0.4) is 0 Å². The highest BCUT2D eigenvalue weighted by Crippen LogP contribution is 2.41. The van der Waals surface area contributed by atoms with Crippen LogP contribution in [-0.2, 0) is 39.8 Å². The van der Waals surface area contributed by atoms with Gasteiger partial charge >= 0.3 is 0 Å². The average Bonchev–Trinajstić information content (AvgIpc) is 4.30. The molecule has 4 saturated heterocycles. The lowest BCUT2D eigenvalue weighted by Gasteiger charge is -2.43. The summed E-state index contributed by atoms with van der Waals surface area (Å²) in [4.78, 5) is 26.9. The summed E-state index contributed by atoms with van der Waals surface area (Å²) >= 11 is 0. The minimum atomic E-state index is -4.08. The van der Waals surface area contributed by atoms with Crippen LogP contribution in [0.5, 0.6) is 0 Å². The molecular formula is C50H68N10O8S2. The second-order valence-electron chi connectivity index (χ2n) is 20.4. The van der Waals surface area contributed by atoms with Gasteiger partial charge in [0.15, 0.2) is 11.4 Å². The highest BCUT2D eigenvalue weighted by atomic mass is 32.2. The van der Waals surface area contributed by atoms with Crippen molar-refractivity contribution in [3.8, 4) is 0 Å². The Balaban J connectivity index is 0.886. The first kappa shape index (κ1) is 49.1. The van der Waals surface area contributed by atoms with Gasteiger partial charge in [0.05, 0.1) is 0 Å². The largest absolute Gasteiger partial charge is 0.360 e. The fourth-order valence-electron chi connectivity index (χ4n) is 11.1. The number of piperidine rings is 4. The van der Waals surface area contributed by atoms with Crippen LogP contribution in [-0.4, -0.2) is 139 Å². The van der Waals surface area contributed by atoms with Crippen molar-refractivity contribution in [1.29, 1.82) is 0 Å². The molecule has 70 heavy (non-hydrogen) atoms. The molecule has 18 nitrogen and oxygen atoms in total. The SMILES string of the molecule is CN(C1CCNCC1)S(=O)(=O)N1CC[C@@H](NC(=O)c2cc(C3CC3)on2)C[C@@H]1Cc1cccc(CN(C2CCNCC2)S(=O)(=O)N2CC[C@H](NC(=O)c3cc(C4CC4)on3)C[C@H]2Cc2ccccc2)c1. The van der Waals surface area contributed by atoms with Crippen LogP contribution in [0.15, 0.2) is 75.8 Å². The van der Waals surface area contributed by atoms with Crippen molar-refractivity contribution in [3.63, 3.8) is 0 Å². The second kappa shape index (κ2) is 21.3. The van der Waals surface area contributed by atoms with E-state index in [1.54, 1.807) is 32.1 Å². The number of nitrogens with zero attached hydrogens (tertiary/aromatic N) is 6. The first-order valence-electron chi connectivity index (χ1n) is 25.5. The minimum absolute atomic E-state index is 0.125. The maximum Gasteiger partial charge on any atom is 0.282 e. The summed E-state index contributed by atoms with van der Waals surface area (Å²) in [7, 11) is -6.29. The van der Waals surface area contributed by atoms with Gasteiger partial charge in [-0.25, -0.2) is 0 Å². The number of hydrogen-bond donors (Lipinski definition) is 4. The van der Waals surface area contributed by atoms with E-state index in [0.29, 0.717) is 76.3 Å². The quantitative estimate of drug-likeness (QED) is 0.109. The molecule has 0 radical (unpaired) electrons. The van der Waals surface area contributed by atoms with Gasteiger partial charge in [-0.2, -0.15) is 34.1 Å². The molecule has 0 unspecified atom stereocenters. The van der Waals surface area contributed by atoms with E-state index in [9.17, 15) is 18.0 Å². The van der Waals surface area contributed by atoms with Crippen molar-refractivity contribution in [3.05, 3.63) is 106 Å². The fraction of sp³-hybridized carbons (Fsp3) is 0.600. The van der Waals surface area contributed by atoms with Crippen LogP contribution in [0.2, 0.25) is 0 Å². The third-order valence-electron chi connectivity index (χ3n) is 15.4. The third-order valence-corrected chi connectivity index (χ3v) is 19.6. The number of benzene rings is 2. The molecule has 4 N–H and O–H groups in total. The Kier molecular flexibility index (Phi) is 14.9.